The average Bonchev–Trinajstić information content (AvgIpc) is 3.59. The molecule has 0 aliphatic carbocycles. The van der Waals surface area contributed by atoms with Crippen LogP contribution < -0.4 is 20.3 Å². The third kappa shape index (κ3) is 5.91. The van der Waals surface area contributed by atoms with Gasteiger partial charge in [-0.25, -0.2) is 9.97 Å². The van der Waals surface area contributed by atoms with Gasteiger partial charge in [0.15, 0.2) is 0 Å². The second kappa shape index (κ2) is 12.0. The van der Waals surface area contributed by atoms with Crippen LogP contribution >= 0.6 is 11.6 Å². The van der Waals surface area contributed by atoms with E-state index in [-0.39, 0.29) is 5.91 Å². The Morgan fingerprint density at radius 3 is 2.78 bits per heavy atom. The van der Waals surface area contributed by atoms with E-state index in [1.165, 1.54) is 6.08 Å². The molecule has 2 N–H and O–H groups in total. The molecule has 1 amide bonds. The van der Waals surface area contributed by atoms with Gasteiger partial charge in [-0.15, -0.1) is 0 Å². The Labute approximate surface area is 245 Å². The lowest BCUT2D eigenvalue weighted by Gasteiger charge is -2.25. The highest BCUT2D eigenvalue weighted by atomic mass is 35.5. The van der Waals surface area contributed by atoms with E-state index >= 15 is 0 Å². The van der Waals surface area contributed by atoms with Crippen molar-refractivity contribution < 1.29 is 9.53 Å². The minimum Gasteiger partial charge on any atom is -0.494 e. The van der Waals surface area contributed by atoms with Crippen LogP contribution in [0.5, 0.6) is 5.75 Å². The Kier molecular flexibility index (Phi) is 8.28. The normalized spacial score (nSPS) is 15.2. The minimum atomic E-state index is -0.258. The molecule has 1 aliphatic heterocycles. The third-order valence-electron chi connectivity index (χ3n) is 7.34. The first-order valence-electron chi connectivity index (χ1n) is 13.4. The Bertz CT molecular complexity index is 1630. The van der Waals surface area contributed by atoms with Crippen molar-refractivity contribution in [1.29, 1.82) is 0 Å². The number of fused-ring (bicyclic) bond motifs is 1. The maximum Gasteiger partial charge on any atom is 0.248 e. The summed E-state index contributed by atoms with van der Waals surface area (Å²) in [6.07, 6.45) is 9.23. The number of para-hydroxylation sites is 1. The van der Waals surface area contributed by atoms with Gasteiger partial charge in [0, 0.05) is 61.0 Å². The van der Waals surface area contributed by atoms with E-state index in [2.05, 4.69) is 52.2 Å². The van der Waals surface area contributed by atoms with Crippen molar-refractivity contribution in [3.63, 3.8) is 0 Å². The second-order valence-corrected chi connectivity index (χ2v) is 10.6. The number of hydrogen-bond donors (Lipinski definition) is 2. The molecule has 212 valence electrons. The molecule has 0 bridgehead atoms. The number of nitrogens with one attached hydrogen (secondary N) is 2. The van der Waals surface area contributed by atoms with Gasteiger partial charge >= 0.3 is 0 Å². The lowest BCUT2D eigenvalue weighted by Crippen LogP contribution is -2.31. The highest BCUT2D eigenvalue weighted by Crippen LogP contribution is 2.40. The fourth-order valence-corrected chi connectivity index (χ4v) is 5.37. The van der Waals surface area contributed by atoms with Crippen molar-refractivity contribution in [1.82, 2.24) is 19.4 Å². The van der Waals surface area contributed by atoms with Crippen molar-refractivity contribution in [2.45, 2.75) is 12.5 Å². The summed E-state index contributed by atoms with van der Waals surface area (Å²) in [6.45, 7) is 5.35. The van der Waals surface area contributed by atoms with Crippen LogP contribution in [0.3, 0.4) is 0 Å². The van der Waals surface area contributed by atoms with Crippen LogP contribution in [0.15, 0.2) is 73.6 Å². The fraction of sp³-hybridized carbons (Fsp3) is 0.258. The number of amides is 1. The first-order valence-corrected chi connectivity index (χ1v) is 13.7. The van der Waals surface area contributed by atoms with Gasteiger partial charge in [0.1, 0.15) is 5.75 Å². The molecule has 2 aromatic heterocycles. The highest BCUT2D eigenvalue weighted by molar-refractivity contribution is 6.33. The second-order valence-electron chi connectivity index (χ2n) is 10.2. The lowest BCUT2D eigenvalue weighted by molar-refractivity contribution is -0.111. The number of halogens is 1. The molecule has 2 aromatic carbocycles. The van der Waals surface area contributed by atoms with E-state index in [1.807, 2.05) is 48.1 Å². The molecule has 3 heterocycles. The molecule has 1 fully saturated rings. The summed E-state index contributed by atoms with van der Waals surface area (Å²) in [5.74, 6) is 0.686. The van der Waals surface area contributed by atoms with Gasteiger partial charge < -0.3 is 29.7 Å². The quantitative estimate of drug-likeness (QED) is 0.192. The molecular formula is C31H34ClN7O2. The molecule has 0 saturated carbocycles. The molecule has 0 unspecified atom stereocenters. The molecule has 1 aliphatic rings. The van der Waals surface area contributed by atoms with Gasteiger partial charge in [0.05, 0.1) is 41.1 Å². The van der Waals surface area contributed by atoms with Gasteiger partial charge in [-0.1, -0.05) is 48.5 Å². The van der Waals surface area contributed by atoms with Crippen LogP contribution in [0.2, 0.25) is 5.02 Å². The van der Waals surface area contributed by atoms with E-state index in [0.29, 0.717) is 39.8 Å². The number of benzene rings is 2. The van der Waals surface area contributed by atoms with Crippen molar-refractivity contribution in [3.05, 3.63) is 78.6 Å². The molecular weight excluding hydrogens is 538 g/mol. The zero-order valence-electron chi connectivity index (χ0n) is 23.7. The van der Waals surface area contributed by atoms with E-state index in [4.69, 9.17) is 21.3 Å². The van der Waals surface area contributed by atoms with Gasteiger partial charge in [0.2, 0.25) is 11.9 Å². The molecule has 4 aromatic rings. The summed E-state index contributed by atoms with van der Waals surface area (Å²) in [5.41, 5.74) is 4.74. The van der Waals surface area contributed by atoms with Crippen LogP contribution in [0.1, 0.15) is 6.42 Å². The Balaban J connectivity index is 1.53. The van der Waals surface area contributed by atoms with Crippen LogP contribution in [-0.4, -0.2) is 65.7 Å². The van der Waals surface area contributed by atoms with Gasteiger partial charge in [0.25, 0.3) is 0 Å². The molecule has 10 heteroatoms. The van der Waals surface area contributed by atoms with E-state index in [9.17, 15) is 4.79 Å². The molecule has 1 atom stereocenters. The first-order chi connectivity index (χ1) is 19.8. The van der Waals surface area contributed by atoms with Crippen molar-refractivity contribution in [2.75, 3.05) is 49.8 Å². The Morgan fingerprint density at radius 1 is 1.24 bits per heavy atom. The number of carbonyl (C=O) groups excluding carboxylic acids is 1. The molecule has 9 nitrogen and oxygen atoms in total. The number of rotatable bonds is 9. The van der Waals surface area contributed by atoms with E-state index in [1.54, 1.807) is 25.5 Å². The number of allylic oxidation sites excluding steroid dienone is 2. The fourth-order valence-electron chi connectivity index (χ4n) is 5.18. The summed E-state index contributed by atoms with van der Waals surface area (Å²) in [4.78, 5) is 26.4. The van der Waals surface area contributed by atoms with Gasteiger partial charge in [-0.2, -0.15) is 0 Å². The summed E-state index contributed by atoms with van der Waals surface area (Å²) in [5, 5.41) is 7.81. The maximum atomic E-state index is 12.7. The molecule has 5 rings (SSSR count). The summed E-state index contributed by atoms with van der Waals surface area (Å²) >= 11 is 6.60. The molecule has 0 spiro atoms. The van der Waals surface area contributed by atoms with Crippen LogP contribution in [0.25, 0.3) is 22.2 Å². The number of aromatic nitrogens is 3. The number of methoxy groups -OCH3 is 1. The standard InChI is InChI=1S/C31H34ClN7O2/c1-6-7-12-29(40)34-24-15-25(28(41-5)16-27(24)39-14-13-20(18-39)37(2)3)35-31-33-17-23(32)30(36-31)22-19-38(4)26-11-9-8-10-21(22)26/h6-12,15-17,19-20H,1,13-14,18H2,2-5H3,(H,34,40)(H,33,35,36)/b12-7+/t20-/m1/s1. The summed E-state index contributed by atoms with van der Waals surface area (Å²) < 4.78 is 7.84. The predicted octanol–water partition coefficient (Wildman–Crippen LogP) is 5.86. The maximum absolute atomic E-state index is 12.7. The van der Waals surface area contributed by atoms with E-state index in [0.717, 1.165) is 41.7 Å². The Morgan fingerprint density at radius 2 is 2.05 bits per heavy atom. The summed E-state index contributed by atoms with van der Waals surface area (Å²) in [6, 6.07) is 12.3. The lowest BCUT2D eigenvalue weighted by atomic mass is 10.1. The predicted molar refractivity (Wildman–Crippen MR) is 168 cm³/mol. The van der Waals surface area contributed by atoms with Crippen molar-refractivity contribution >= 4 is 51.4 Å². The van der Waals surface area contributed by atoms with Crippen LogP contribution in [-0.2, 0) is 11.8 Å². The first kappa shape index (κ1) is 28.2. The SMILES string of the molecule is C=C/C=C/C(=O)Nc1cc(Nc2ncc(Cl)c(-c3cn(C)c4ccccc34)n2)c(OC)cc1N1CC[C@@H](N(C)C)C1. The number of nitrogens with zero attached hydrogens (tertiary/aromatic N) is 5. The largest absolute Gasteiger partial charge is 0.494 e. The summed E-state index contributed by atoms with van der Waals surface area (Å²) in [7, 11) is 7.78. The van der Waals surface area contributed by atoms with Gasteiger partial charge in [-0.3, -0.25) is 4.79 Å². The number of hydrogen-bond acceptors (Lipinski definition) is 7. The number of ether oxygens (including phenoxy) is 1. The zero-order chi connectivity index (χ0) is 29.1. The number of carbonyl (C=O) groups is 1. The Hall–Kier alpha value is -4.34. The van der Waals surface area contributed by atoms with Gasteiger partial charge in [-0.05, 0) is 32.6 Å². The van der Waals surface area contributed by atoms with Crippen molar-refractivity contribution in [2.24, 2.45) is 7.05 Å². The third-order valence-corrected chi connectivity index (χ3v) is 7.61. The van der Waals surface area contributed by atoms with Crippen LogP contribution in [0.4, 0.5) is 23.0 Å². The smallest absolute Gasteiger partial charge is 0.248 e. The molecule has 0 radical (unpaired) electrons. The number of likely N-dealkylation sites (N-methyl/N-ethyl adjacent to an activating group) is 1. The van der Waals surface area contributed by atoms with E-state index < -0.39 is 0 Å². The van der Waals surface area contributed by atoms with Crippen molar-refractivity contribution in [3.8, 4) is 17.0 Å². The molecule has 41 heavy (non-hydrogen) atoms. The van der Waals surface area contributed by atoms with Crippen LogP contribution in [0, 0.1) is 0 Å². The average molecular weight is 572 g/mol. The monoisotopic (exact) mass is 571 g/mol. The topological polar surface area (TPSA) is 87.5 Å². The highest BCUT2D eigenvalue weighted by Gasteiger charge is 2.27. The number of aryl methyl sites for hydroxylation is 1. The minimum absolute atomic E-state index is 0.258. The number of anilines is 4. The zero-order valence-corrected chi connectivity index (χ0v) is 24.4. The molecule has 1 saturated heterocycles.